The maximum absolute atomic E-state index is 5.80. The molecule has 6 heteroatoms. The molecule has 0 radical (unpaired) electrons. The highest BCUT2D eigenvalue weighted by molar-refractivity contribution is 5.84. The average Bonchev–Trinajstić information content (AvgIpc) is 2.93. The van der Waals surface area contributed by atoms with E-state index in [0.717, 1.165) is 29.4 Å². The zero-order chi connectivity index (χ0) is 16.7. The summed E-state index contributed by atoms with van der Waals surface area (Å²) in [7, 11) is 1.84. The van der Waals surface area contributed by atoms with Crippen molar-refractivity contribution in [3.63, 3.8) is 0 Å². The first-order valence-electron chi connectivity index (χ1n) is 8.14. The van der Waals surface area contributed by atoms with Crippen molar-refractivity contribution in [3.8, 4) is 5.82 Å². The third kappa shape index (κ3) is 2.26. The van der Waals surface area contributed by atoms with Crippen LogP contribution >= 0.6 is 0 Å². The van der Waals surface area contributed by atoms with Crippen molar-refractivity contribution in [3.05, 3.63) is 41.7 Å². The maximum Gasteiger partial charge on any atom is 0.222 e. The van der Waals surface area contributed by atoms with Crippen molar-refractivity contribution < 1.29 is 0 Å². The van der Waals surface area contributed by atoms with Gasteiger partial charge >= 0.3 is 0 Å². The number of hydrogen-bond acceptors (Lipinski definition) is 5. The predicted octanol–water partition coefficient (Wildman–Crippen LogP) is 2.83. The third-order valence-electron chi connectivity index (χ3n) is 4.84. The van der Waals surface area contributed by atoms with Gasteiger partial charge in [0.25, 0.3) is 0 Å². The van der Waals surface area contributed by atoms with Crippen LogP contribution in [0.25, 0.3) is 16.7 Å². The molecule has 1 fully saturated rings. The molecule has 2 heterocycles. The second kappa shape index (κ2) is 5.40. The van der Waals surface area contributed by atoms with Crippen molar-refractivity contribution in [1.29, 1.82) is 0 Å². The molecule has 1 aromatic carbocycles. The Labute approximate surface area is 140 Å². The molecule has 0 aliphatic heterocycles. The van der Waals surface area contributed by atoms with Crippen LogP contribution in [0.1, 0.15) is 30.5 Å². The SMILES string of the molecule is CN=CC1(c2ccc3cnn(-c4cc(C)nc(N)n4)c3c2)CCC1. The van der Waals surface area contributed by atoms with E-state index in [-0.39, 0.29) is 11.4 Å². The number of nitrogens with two attached hydrogens (primary N) is 1. The summed E-state index contributed by atoms with van der Waals surface area (Å²) >= 11 is 0. The molecule has 2 aromatic heterocycles. The van der Waals surface area contributed by atoms with Gasteiger partial charge in [0.2, 0.25) is 5.95 Å². The van der Waals surface area contributed by atoms with Crippen LogP contribution in [0.2, 0.25) is 0 Å². The predicted molar refractivity (Wildman–Crippen MR) is 95.8 cm³/mol. The van der Waals surface area contributed by atoms with Gasteiger partial charge in [-0.15, -0.1) is 0 Å². The first-order chi connectivity index (χ1) is 11.6. The number of hydrogen-bond donors (Lipinski definition) is 1. The number of aliphatic imine (C=N–C) groups is 1. The summed E-state index contributed by atoms with van der Waals surface area (Å²) in [5.41, 5.74) is 9.00. The summed E-state index contributed by atoms with van der Waals surface area (Å²) in [4.78, 5) is 12.8. The molecule has 0 atom stereocenters. The molecule has 0 bridgehead atoms. The van der Waals surface area contributed by atoms with E-state index in [1.54, 1.807) is 0 Å². The minimum Gasteiger partial charge on any atom is -0.368 e. The van der Waals surface area contributed by atoms with Gasteiger partial charge in [0.1, 0.15) is 0 Å². The molecule has 0 amide bonds. The van der Waals surface area contributed by atoms with E-state index < -0.39 is 0 Å². The number of benzene rings is 1. The van der Waals surface area contributed by atoms with Crippen LogP contribution in [0.4, 0.5) is 5.95 Å². The fourth-order valence-corrected chi connectivity index (χ4v) is 3.49. The summed E-state index contributed by atoms with van der Waals surface area (Å²) in [6, 6.07) is 8.41. The van der Waals surface area contributed by atoms with Crippen molar-refractivity contribution in [1.82, 2.24) is 19.7 Å². The minimum absolute atomic E-state index is 0.0681. The van der Waals surface area contributed by atoms with Crippen molar-refractivity contribution >= 4 is 23.1 Å². The topological polar surface area (TPSA) is 82.0 Å². The van der Waals surface area contributed by atoms with Gasteiger partial charge in [-0.2, -0.15) is 10.1 Å². The Morgan fingerprint density at radius 1 is 1.25 bits per heavy atom. The van der Waals surface area contributed by atoms with Gasteiger partial charge in [0.15, 0.2) is 5.82 Å². The highest BCUT2D eigenvalue weighted by atomic mass is 15.3. The average molecular weight is 320 g/mol. The maximum atomic E-state index is 5.80. The van der Waals surface area contributed by atoms with E-state index in [1.807, 2.05) is 30.9 Å². The van der Waals surface area contributed by atoms with Gasteiger partial charge in [0.05, 0.1) is 11.7 Å². The first-order valence-corrected chi connectivity index (χ1v) is 8.14. The number of nitrogen functional groups attached to an aromatic ring is 1. The van der Waals surface area contributed by atoms with E-state index in [0.29, 0.717) is 5.82 Å². The van der Waals surface area contributed by atoms with Crippen LogP contribution in [0, 0.1) is 6.92 Å². The number of nitrogens with zero attached hydrogens (tertiary/aromatic N) is 5. The normalized spacial score (nSPS) is 16.6. The molecule has 1 saturated carbocycles. The number of anilines is 1. The molecule has 6 nitrogen and oxygen atoms in total. The number of aryl methyl sites for hydroxylation is 1. The van der Waals surface area contributed by atoms with Gasteiger partial charge < -0.3 is 5.73 Å². The van der Waals surface area contributed by atoms with Gasteiger partial charge in [-0.1, -0.05) is 18.6 Å². The smallest absolute Gasteiger partial charge is 0.222 e. The van der Waals surface area contributed by atoms with Gasteiger partial charge in [0, 0.05) is 35.8 Å². The molecule has 0 unspecified atom stereocenters. The number of fused-ring (bicyclic) bond motifs is 1. The zero-order valence-electron chi connectivity index (χ0n) is 13.9. The molecule has 1 aliphatic carbocycles. The molecule has 3 aromatic rings. The Kier molecular flexibility index (Phi) is 3.33. The number of aromatic nitrogens is 4. The van der Waals surface area contributed by atoms with E-state index in [9.17, 15) is 0 Å². The van der Waals surface area contributed by atoms with E-state index in [1.165, 1.54) is 12.0 Å². The zero-order valence-corrected chi connectivity index (χ0v) is 13.9. The van der Waals surface area contributed by atoms with Crippen LogP contribution in [0.5, 0.6) is 0 Å². The van der Waals surface area contributed by atoms with Gasteiger partial charge in [-0.05, 0) is 31.4 Å². The number of rotatable bonds is 3. The highest BCUT2D eigenvalue weighted by Crippen LogP contribution is 2.43. The van der Waals surface area contributed by atoms with Crippen LogP contribution in [0.15, 0.2) is 35.5 Å². The lowest BCUT2D eigenvalue weighted by atomic mass is 9.65. The fourth-order valence-electron chi connectivity index (χ4n) is 3.49. The molecule has 4 rings (SSSR count). The van der Waals surface area contributed by atoms with Crippen molar-refractivity contribution in [2.24, 2.45) is 4.99 Å². The van der Waals surface area contributed by atoms with Crippen LogP contribution in [-0.2, 0) is 5.41 Å². The lowest BCUT2D eigenvalue weighted by molar-refractivity contribution is 0.348. The summed E-state index contributed by atoms with van der Waals surface area (Å²) in [5.74, 6) is 0.956. The highest BCUT2D eigenvalue weighted by Gasteiger charge is 2.37. The van der Waals surface area contributed by atoms with Crippen LogP contribution < -0.4 is 5.73 Å². The first kappa shape index (κ1) is 14.8. The van der Waals surface area contributed by atoms with Crippen LogP contribution in [-0.4, -0.2) is 33.0 Å². The second-order valence-corrected chi connectivity index (χ2v) is 6.45. The van der Waals surface area contributed by atoms with E-state index >= 15 is 0 Å². The fraction of sp³-hybridized carbons (Fsp3) is 0.333. The van der Waals surface area contributed by atoms with E-state index in [4.69, 9.17) is 5.73 Å². The third-order valence-corrected chi connectivity index (χ3v) is 4.84. The lowest BCUT2D eigenvalue weighted by Gasteiger charge is -2.39. The Bertz CT molecular complexity index is 916. The summed E-state index contributed by atoms with van der Waals surface area (Å²) < 4.78 is 1.83. The van der Waals surface area contributed by atoms with Gasteiger partial charge in [-0.25, -0.2) is 9.67 Å². The summed E-state index contributed by atoms with van der Waals surface area (Å²) in [6.07, 6.45) is 7.47. The molecule has 122 valence electrons. The molecular weight excluding hydrogens is 300 g/mol. The molecule has 2 N–H and O–H groups in total. The Hall–Kier alpha value is -2.76. The second-order valence-electron chi connectivity index (χ2n) is 6.45. The Morgan fingerprint density at radius 3 is 2.75 bits per heavy atom. The molecule has 24 heavy (non-hydrogen) atoms. The standard InChI is InChI=1S/C18H20N6/c1-12-8-16(23-17(19)22-12)24-15-9-14(5-4-13(15)10-21-24)18(11-20-2)6-3-7-18/h4-5,8-11H,3,6-7H2,1-2H3,(H2,19,22,23). The molecule has 0 saturated heterocycles. The summed E-state index contributed by atoms with van der Waals surface area (Å²) in [6.45, 7) is 1.90. The monoisotopic (exact) mass is 320 g/mol. The molecule has 0 spiro atoms. The minimum atomic E-state index is 0.0681. The molecular formula is C18H20N6. The largest absolute Gasteiger partial charge is 0.368 e. The Morgan fingerprint density at radius 2 is 2.08 bits per heavy atom. The van der Waals surface area contributed by atoms with Crippen molar-refractivity contribution in [2.45, 2.75) is 31.6 Å². The van der Waals surface area contributed by atoms with Crippen molar-refractivity contribution in [2.75, 3.05) is 12.8 Å². The lowest BCUT2D eigenvalue weighted by Crippen LogP contribution is -2.35. The quantitative estimate of drug-likeness (QED) is 0.752. The Balaban J connectivity index is 1.88. The van der Waals surface area contributed by atoms with E-state index in [2.05, 4.69) is 44.5 Å². The van der Waals surface area contributed by atoms with Crippen LogP contribution in [0.3, 0.4) is 0 Å². The summed E-state index contributed by atoms with van der Waals surface area (Å²) in [5, 5.41) is 5.58. The molecule has 1 aliphatic rings. The van der Waals surface area contributed by atoms with Gasteiger partial charge in [-0.3, -0.25) is 4.99 Å².